The highest BCUT2D eigenvalue weighted by atomic mass is 32.2. The summed E-state index contributed by atoms with van der Waals surface area (Å²) < 4.78 is -0.391. The van der Waals surface area contributed by atoms with Crippen molar-refractivity contribution in [3.8, 4) is 0 Å². The SMILES string of the molecule is CCC(=O)NCCN1C(=O)C2(CCC2)Sc2cc(C)c(C(=O)N(C(C)C)C3C[C@]34CCCNC4)cc21. The average Bonchev–Trinajstić information content (AvgIpc) is 3.49. The second-order valence-corrected chi connectivity index (χ2v) is 12.8. The van der Waals surface area contributed by atoms with E-state index < -0.39 is 4.75 Å². The van der Waals surface area contributed by atoms with Gasteiger partial charge in [-0.2, -0.15) is 0 Å². The molecule has 0 bridgehead atoms. The van der Waals surface area contributed by atoms with Crippen LogP contribution in [0.2, 0.25) is 0 Å². The Bertz CT molecular complexity index is 1060. The van der Waals surface area contributed by atoms with Crippen molar-refractivity contribution in [2.75, 3.05) is 31.1 Å². The van der Waals surface area contributed by atoms with Crippen molar-refractivity contribution in [3.63, 3.8) is 0 Å². The summed E-state index contributed by atoms with van der Waals surface area (Å²) in [5.41, 5.74) is 2.69. The number of aryl methyl sites for hydroxylation is 1. The fraction of sp³-hybridized carbons (Fsp3) is 0.679. The lowest BCUT2D eigenvalue weighted by Gasteiger charge is -2.47. The first-order valence-corrected chi connectivity index (χ1v) is 14.5. The lowest BCUT2D eigenvalue weighted by atomic mass is 9.82. The number of carbonyl (C=O) groups excluding carboxylic acids is 3. The average molecular weight is 513 g/mol. The number of piperidine rings is 1. The molecule has 0 aromatic heterocycles. The number of nitrogens with zero attached hydrogens (tertiary/aromatic N) is 2. The molecule has 2 aliphatic heterocycles. The first-order chi connectivity index (χ1) is 17.2. The van der Waals surface area contributed by atoms with E-state index in [1.165, 1.54) is 12.8 Å². The molecular weight excluding hydrogens is 472 g/mol. The molecule has 1 aromatic carbocycles. The van der Waals surface area contributed by atoms with E-state index in [0.717, 1.165) is 54.9 Å². The molecule has 7 nitrogen and oxygen atoms in total. The van der Waals surface area contributed by atoms with Crippen molar-refractivity contribution < 1.29 is 14.4 Å². The number of hydrogen-bond donors (Lipinski definition) is 2. The summed E-state index contributed by atoms with van der Waals surface area (Å²) in [6.45, 7) is 10.9. The Morgan fingerprint density at radius 1 is 1.25 bits per heavy atom. The van der Waals surface area contributed by atoms with Crippen molar-refractivity contribution >= 4 is 35.2 Å². The first-order valence-electron chi connectivity index (χ1n) is 13.7. The van der Waals surface area contributed by atoms with E-state index in [2.05, 4.69) is 35.4 Å². The second-order valence-electron chi connectivity index (χ2n) is 11.4. The molecule has 2 saturated carbocycles. The second kappa shape index (κ2) is 9.67. The number of hydrogen-bond acceptors (Lipinski definition) is 5. The molecule has 2 spiro atoms. The Kier molecular flexibility index (Phi) is 6.87. The lowest BCUT2D eigenvalue weighted by molar-refractivity contribution is -0.123. The van der Waals surface area contributed by atoms with Gasteiger partial charge in [0, 0.05) is 54.0 Å². The molecule has 2 aliphatic carbocycles. The normalized spacial score (nSPS) is 26.1. The van der Waals surface area contributed by atoms with Gasteiger partial charge in [-0.3, -0.25) is 14.4 Å². The van der Waals surface area contributed by atoms with Crippen LogP contribution >= 0.6 is 11.8 Å². The van der Waals surface area contributed by atoms with Gasteiger partial charge in [-0.05, 0) is 83.5 Å². The zero-order valence-corrected chi connectivity index (χ0v) is 22.9. The molecule has 2 heterocycles. The van der Waals surface area contributed by atoms with Gasteiger partial charge in [0.1, 0.15) is 0 Å². The standard InChI is InChI=1S/C28H40N4O3S/c1-5-24(33)30-12-13-31-21-15-20(19(4)14-22(21)36-28(26(31)35)9-6-10-28)25(34)32(18(2)3)23-16-27(23)8-7-11-29-17-27/h14-15,18,23,29H,5-13,16-17H2,1-4H3,(H,30,33)/t23?,27-/m0/s1. The van der Waals surface area contributed by atoms with Crippen LogP contribution in [0, 0.1) is 12.3 Å². The van der Waals surface area contributed by atoms with Gasteiger partial charge < -0.3 is 20.4 Å². The molecule has 0 radical (unpaired) electrons. The van der Waals surface area contributed by atoms with Gasteiger partial charge in [0.2, 0.25) is 11.8 Å². The summed E-state index contributed by atoms with van der Waals surface area (Å²) in [6.07, 6.45) is 6.65. The molecule has 2 N–H and O–H groups in total. The van der Waals surface area contributed by atoms with E-state index in [1.54, 1.807) is 11.8 Å². The highest BCUT2D eigenvalue weighted by Crippen LogP contribution is 2.56. The van der Waals surface area contributed by atoms with E-state index in [9.17, 15) is 14.4 Å². The van der Waals surface area contributed by atoms with E-state index in [1.807, 2.05) is 24.8 Å². The summed E-state index contributed by atoms with van der Waals surface area (Å²) in [4.78, 5) is 44.5. The molecule has 1 aromatic rings. The largest absolute Gasteiger partial charge is 0.354 e. The Morgan fingerprint density at radius 2 is 2.03 bits per heavy atom. The molecular formula is C28H40N4O3S. The van der Waals surface area contributed by atoms with Crippen molar-refractivity contribution in [1.82, 2.24) is 15.5 Å². The number of carbonyl (C=O) groups is 3. The summed E-state index contributed by atoms with van der Waals surface area (Å²) in [6, 6.07) is 4.44. The van der Waals surface area contributed by atoms with Crippen LogP contribution in [0.4, 0.5) is 5.69 Å². The van der Waals surface area contributed by atoms with Gasteiger partial charge in [-0.25, -0.2) is 0 Å². The Morgan fingerprint density at radius 3 is 2.64 bits per heavy atom. The molecule has 3 amide bonds. The quantitative estimate of drug-likeness (QED) is 0.580. The van der Waals surface area contributed by atoms with E-state index in [-0.39, 0.29) is 35.2 Å². The van der Waals surface area contributed by atoms with Gasteiger partial charge in [-0.1, -0.05) is 6.92 Å². The van der Waals surface area contributed by atoms with Crippen LogP contribution in [-0.4, -0.2) is 65.6 Å². The van der Waals surface area contributed by atoms with Gasteiger partial charge in [0.25, 0.3) is 5.91 Å². The predicted molar refractivity (Wildman–Crippen MR) is 144 cm³/mol. The van der Waals surface area contributed by atoms with Crippen LogP contribution in [-0.2, 0) is 9.59 Å². The maximum atomic E-state index is 14.1. The zero-order chi connectivity index (χ0) is 25.7. The van der Waals surface area contributed by atoms with Crippen LogP contribution in [0.5, 0.6) is 0 Å². The molecule has 2 atom stereocenters. The van der Waals surface area contributed by atoms with Crippen molar-refractivity contribution in [1.29, 1.82) is 0 Å². The number of fused-ring (bicyclic) bond motifs is 1. The predicted octanol–water partition coefficient (Wildman–Crippen LogP) is 3.88. The number of nitrogens with one attached hydrogen (secondary N) is 2. The fourth-order valence-electron chi connectivity index (χ4n) is 6.31. The van der Waals surface area contributed by atoms with Crippen LogP contribution in [0.25, 0.3) is 0 Å². The van der Waals surface area contributed by atoms with Crippen LogP contribution in [0.15, 0.2) is 17.0 Å². The summed E-state index contributed by atoms with van der Waals surface area (Å²) >= 11 is 1.68. The maximum absolute atomic E-state index is 14.1. The van der Waals surface area contributed by atoms with Gasteiger partial charge in [-0.15, -0.1) is 11.8 Å². The number of rotatable bonds is 7. The van der Waals surface area contributed by atoms with Crippen molar-refractivity contribution in [2.45, 2.75) is 94.4 Å². The number of amides is 3. The Balaban J connectivity index is 1.45. The van der Waals surface area contributed by atoms with Gasteiger partial charge >= 0.3 is 0 Å². The number of anilines is 1. The number of benzene rings is 1. The third kappa shape index (κ3) is 4.34. The van der Waals surface area contributed by atoms with E-state index in [0.29, 0.717) is 25.1 Å². The third-order valence-corrected chi connectivity index (χ3v) is 10.2. The molecule has 8 heteroatoms. The molecule has 1 unspecified atom stereocenters. The molecule has 3 fully saturated rings. The molecule has 4 aliphatic rings. The minimum Gasteiger partial charge on any atom is -0.354 e. The molecule has 1 saturated heterocycles. The van der Waals surface area contributed by atoms with Crippen LogP contribution in [0.1, 0.15) is 81.6 Å². The highest BCUT2D eigenvalue weighted by molar-refractivity contribution is 8.01. The molecule has 196 valence electrons. The molecule has 5 rings (SSSR count). The van der Waals surface area contributed by atoms with Crippen LogP contribution in [0.3, 0.4) is 0 Å². The van der Waals surface area contributed by atoms with E-state index in [4.69, 9.17) is 0 Å². The Labute approximate surface area is 219 Å². The lowest BCUT2D eigenvalue weighted by Crippen LogP contribution is -2.55. The minimum atomic E-state index is -0.391. The van der Waals surface area contributed by atoms with Crippen molar-refractivity contribution in [2.24, 2.45) is 5.41 Å². The highest BCUT2D eigenvalue weighted by Gasteiger charge is 2.58. The van der Waals surface area contributed by atoms with E-state index >= 15 is 0 Å². The van der Waals surface area contributed by atoms with Gasteiger partial charge in [0.15, 0.2) is 0 Å². The fourth-order valence-corrected chi connectivity index (χ4v) is 7.94. The maximum Gasteiger partial charge on any atom is 0.254 e. The van der Waals surface area contributed by atoms with Crippen LogP contribution < -0.4 is 15.5 Å². The summed E-state index contributed by atoms with van der Waals surface area (Å²) in [5.74, 6) is 0.170. The minimum absolute atomic E-state index is 0.0182. The topological polar surface area (TPSA) is 81.8 Å². The third-order valence-electron chi connectivity index (χ3n) is 8.69. The zero-order valence-electron chi connectivity index (χ0n) is 22.1. The number of thioether (sulfide) groups is 1. The summed E-state index contributed by atoms with van der Waals surface area (Å²) in [7, 11) is 0. The van der Waals surface area contributed by atoms with Crippen molar-refractivity contribution in [3.05, 3.63) is 23.3 Å². The first kappa shape index (κ1) is 25.6. The monoisotopic (exact) mass is 512 g/mol. The molecule has 36 heavy (non-hydrogen) atoms. The van der Waals surface area contributed by atoms with Gasteiger partial charge in [0.05, 0.1) is 10.4 Å². The Hall–Kier alpha value is -2.06. The summed E-state index contributed by atoms with van der Waals surface area (Å²) in [5, 5.41) is 6.45. The smallest absolute Gasteiger partial charge is 0.254 e.